The van der Waals surface area contributed by atoms with Crippen molar-refractivity contribution < 1.29 is 14.3 Å². The van der Waals surface area contributed by atoms with Crippen molar-refractivity contribution in [2.24, 2.45) is 0 Å². The lowest BCUT2D eigenvalue weighted by Crippen LogP contribution is -2.44. The normalized spacial score (nSPS) is 17.1. The molecule has 3 N–H and O–H groups in total. The highest BCUT2D eigenvalue weighted by atomic mass is 35.5. The van der Waals surface area contributed by atoms with Crippen LogP contribution in [0.3, 0.4) is 0 Å². The Labute approximate surface area is 163 Å². The molecule has 3 amide bonds. The molecule has 27 heavy (non-hydrogen) atoms. The van der Waals surface area contributed by atoms with Gasteiger partial charge in [0.1, 0.15) is 5.75 Å². The molecule has 0 radical (unpaired) electrons. The van der Waals surface area contributed by atoms with Crippen LogP contribution in [0.25, 0.3) is 0 Å². The topological polar surface area (TPSA) is 79.5 Å². The minimum atomic E-state index is -0.438. The van der Waals surface area contributed by atoms with Crippen molar-refractivity contribution in [3.63, 3.8) is 0 Å². The van der Waals surface area contributed by atoms with Gasteiger partial charge >= 0.3 is 6.03 Å². The van der Waals surface area contributed by atoms with Crippen LogP contribution in [0.5, 0.6) is 5.75 Å². The van der Waals surface area contributed by atoms with E-state index in [9.17, 15) is 9.59 Å². The van der Waals surface area contributed by atoms with E-state index in [2.05, 4.69) is 16.0 Å². The zero-order valence-electron chi connectivity index (χ0n) is 15.0. The van der Waals surface area contributed by atoms with Gasteiger partial charge in [0, 0.05) is 24.0 Å². The standard InChI is InChI=1S/C20H22ClN3O3/c1-27-15-6-4-5-13(11-15)19(16-7-2-3-8-17(16)21)24-20(26)22-12-14-9-10-18(25)23-14/h2-8,11,14,19H,9-10,12H2,1H3,(H,23,25)(H2,22,24,26)/t14-,19?/m0/s1. The van der Waals surface area contributed by atoms with E-state index >= 15 is 0 Å². The highest BCUT2D eigenvalue weighted by Crippen LogP contribution is 2.30. The van der Waals surface area contributed by atoms with Crippen LogP contribution in [-0.4, -0.2) is 31.6 Å². The maximum Gasteiger partial charge on any atom is 0.315 e. The molecule has 7 heteroatoms. The number of nitrogens with one attached hydrogen (secondary N) is 3. The predicted molar refractivity (Wildman–Crippen MR) is 104 cm³/mol. The van der Waals surface area contributed by atoms with Crippen LogP contribution in [0.2, 0.25) is 5.02 Å². The number of halogens is 1. The van der Waals surface area contributed by atoms with Crippen molar-refractivity contribution in [1.82, 2.24) is 16.0 Å². The molecule has 1 unspecified atom stereocenters. The van der Waals surface area contributed by atoms with Gasteiger partial charge in [-0.05, 0) is 35.7 Å². The van der Waals surface area contributed by atoms with Crippen LogP contribution < -0.4 is 20.7 Å². The molecule has 0 saturated carbocycles. The number of hydrogen-bond donors (Lipinski definition) is 3. The first kappa shape index (κ1) is 19.0. The maximum absolute atomic E-state index is 12.5. The third-order valence-corrected chi connectivity index (χ3v) is 4.86. The summed E-state index contributed by atoms with van der Waals surface area (Å²) in [5.74, 6) is 0.716. The van der Waals surface area contributed by atoms with E-state index in [1.165, 1.54) is 0 Å². The highest BCUT2D eigenvalue weighted by molar-refractivity contribution is 6.31. The monoisotopic (exact) mass is 387 g/mol. The van der Waals surface area contributed by atoms with Crippen LogP contribution in [0, 0.1) is 0 Å². The zero-order valence-corrected chi connectivity index (χ0v) is 15.8. The second kappa shape index (κ2) is 8.77. The molecule has 1 saturated heterocycles. The molecule has 1 fully saturated rings. The van der Waals surface area contributed by atoms with Crippen molar-refractivity contribution in [3.8, 4) is 5.75 Å². The third kappa shape index (κ3) is 4.92. The van der Waals surface area contributed by atoms with Crippen LogP contribution in [-0.2, 0) is 4.79 Å². The Hall–Kier alpha value is -2.73. The number of hydrogen-bond acceptors (Lipinski definition) is 3. The zero-order chi connectivity index (χ0) is 19.2. The van der Waals surface area contributed by atoms with Crippen molar-refractivity contribution >= 4 is 23.5 Å². The number of rotatable bonds is 6. The molecule has 0 aliphatic carbocycles. The van der Waals surface area contributed by atoms with Gasteiger partial charge in [0.2, 0.25) is 5.91 Å². The number of urea groups is 1. The lowest BCUT2D eigenvalue weighted by atomic mass is 9.98. The highest BCUT2D eigenvalue weighted by Gasteiger charge is 2.23. The molecular formula is C20H22ClN3O3. The molecule has 2 aromatic rings. The lowest BCUT2D eigenvalue weighted by Gasteiger charge is -2.22. The number of benzene rings is 2. The van der Waals surface area contributed by atoms with Gasteiger partial charge < -0.3 is 20.7 Å². The molecule has 0 aromatic heterocycles. The van der Waals surface area contributed by atoms with E-state index in [0.717, 1.165) is 17.5 Å². The number of carbonyl (C=O) groups excluding carboxylic acids is 2. The van der Waals surface area contributed by atoms with Crippen LogP contribution in [0.15, 0.2) is 48.5 Å². The van der Waals surface area contributed by atoms with E-state index < -0.39 is 6.04 Å². The minimum Gasteiger partial charge on any atom is -0.497 e. The summed E-state index contributed by atoms with van der Waals surface area (Å²) in [5, 5.41) is 9.19. The number of ether oxygens (including phenoxy) is 1. The summed E-state index contributed by atoms with van der Waals surface area (Å²) in [6.45, 7) is 0.380. The summed E-state index contributed by atoms with van der Waals surface area (Å²) in [6.07, 6.45) is 1.23. The molecule has 2 atom stereocenters. The Morgan fingerprint density at radius 3 is 2.81 bits per heavy atom. The fourth-order valence-corrected chi connectivity index (χ4v) is 3.34. The average molecular weight is 388 g/mol. The van der Waals surface area contributed by atoms with Gasteiger partial charge in [-0.1, -0.05) is 41.9 Å². The molecule has 1 heterocycles. The summed E-state index contributed by atoms with van der Waals surface area (Å²) in [6, 6.07) is 14.1. The first-order valence-corrected chi connectivity index (χ1v) is 9.16. The van der Waals surface area contributed by atoms with E-state index in [-0.39, 0.29) is 18.0 Å². The summed E-state index contributed by atoms with van der Waals surface area (Å²) in [4.78, 5) is 23.8. The van der Waals surface area contributed by atoms with Crippen molar-refractivity contribution in [3.05, 3.63) is 64.7 Å². The second-order valence-electron chi connectivity index (χ2n) is 6.39. The fraction of sp³-hybridized carbons (Fsp3) is 0.300. The molecular weight excluding hydrogens is 366 g/mol. The van der Waals surface area contributed by atoms with Crippen molar-refractivity contribution in [1.29, 1.82) is 0 Å². The van der Waals surface area contributed by atoms with Gasteiger partial charge in [0.05, 0.1) is 13.2 Å². The SMILES string of the molecule is COc1cccc(C(NC(=O)NC[C@@H]2CCC(=O)N2)c2ccccc2Cl)c1. The van der Waals surface area contributed by atoms with E-state index in [1.807, 2.05) is 42.5 Å². The smallest absolute Gasteiger partial charge is 0.315 e. The molecule has 1 aliphatic heterocycles. The molecule has 1 aliphatic rings. The number of methoxy groups -OCH3 is 1. The summed E-state index contributed by atoms with van der Waals surface area (Å²) in [7, 11) is 1.60. The molecule has 6 nitrogen and oxygen atoms in total. The van der Waals surface area contributed by atoms with Gasteiger partial charge in [-0.25, -0.2) is 4.79 Å². The Kier molecular flexibility index (Phi) is 6.19. The molecule has 142 valence electrons. The van der Waals surface area contributed by atoms with Crippen LogP contribution in [0.4, 0.5) is 4.79 Å². The van der Waals surface area contributed by atoms with Crippen molar-refractivity contribution in [2.45, 2.75) is 24.9 Å². The van der Waals surface area contributed by atoms with Gasteiger partial charge in [0.15, 0.2) is 0 Å². The summed E-state index contributed by atoms with van der Waals surface area (Å²) >= 11 is 6.37. The first-order chi connectivity index (χ1) is 13.1. The third-order valence-electron chi connectivity index (χ3n) is 4.51. The van der Waals surface area contributed by atoms with Crippen molar-refractivity contribution in [2.75, 3.05) is 13.7 Å². The lowest BCUT2D eigenvalue weighted by molar-refractivity contribution is -0.119. The Morgan fingerprint density at radius 1 is 1.30 bits per heavy atom. The molecule has 0 spiro atoms. The predicted octanol–water partition coefficient (Wildman–Crippen LogP) is 3.02. The van der Waals surface area contributed by atoms with Gasteiger partial charge in [-0.2, -0.15) is 0 Å². The molecule has 3 rings (SSSR count). The molecule has 0 bridgehead atoms. The molecule has 2 aromatic carbocycles. The summed E-state index contributed by atoms with van der Waals surface area (Å²) < 4.78 is 5.30. The second-order valence-corrected chi connectivity index (χ2v) is 6.80. The van der Waals surface area contributed by atoms with E-state index in [1.54, 1.807) is 13.2 Å². The quantitative estimate of drug-likeness (QED) is 0.712. The van der Waals surface area contributed by atoms with Crippen LogP contribution in [0.1, 0.15) is 30.0 Å². The van der Waals surface area contributed by atoms with E-state index in [4.69, 9.17) is 16.3 Å². The minimum absolute atomic E-state index is 0.0209. The van der Waals surface area contributed by atoms with Crippen LogP contribution >= 0.6 is 11.6 Å². The number of amides is 3. The Morgan fingerprint density at radius 2 is 2.11 bits per heavy atom. The van der Waals surface area contributed by atoms with E-state index in [0.29, 0.717) is 23.7 Å². The fourth-order valence-electron chi connectivity index (χ4n) is 3.10. The first-order valence-electron chi connectivity index (χ1n) is 8.79. The number of carbonyl (C=O) groups is 2. The van der Waals surface area contributed by atoms with Gasteiger partial charge in [-0.15, -0.1) is 0 Å². The summed E-state index contributed by atoms with van der Waals surface area (Å²) in [5.41, 5.74) is 1.64. The van der Waals surface area contributed by atoms with Gasteiger partial charge in [-0.3, -0.25) is 4.79 Å². The maximum atomic E-state index is 12.5. The largest absolute Gasteiger partial charge is 0.497 e. The Balaban J connectivity index is 1.76. The van der Waals surface area contributed by atoms with Gasteiger partial charge in [0.25, 0.3) is 0 Å². The Bertz CT molecular complexity index is 828. The average Bonchev–Trinajstić information content (AvgIpc) is 3.10.